The van der Waals surface area contributed by atoms with Crippen LogP contribution in [-0.4, -0.2) is 33.5 Å². The number of ether oxygens (including phenoxy) is 4. The standard InChI is InChI=1S/C9H13NO3.C7H9NO2.C2H6/c1-11-7-4-6(10)5-8(12-2)9(7)13-3;1-10-7-3-2-5(8)4-6(7)9;1-2/h4-5H,10H2,1-3H3;2-4,9H,8H2,1H3;1-2H3. The highest BCUT2D eigenvalue weighted by atomic mass is 16.5. The fraction of sp³-hybridized carbons (Fsp3) is 0.333. The van der Waals surface area contributed by atoms with Crippen molar-refractivity contribution >= 4 is 11.4 Å². The van der Waals surface area contributed by atoms with Crippen molar-refractivity contribution in [2.45, 2.75) is 13.8 Å². The Balaban J connectivity index is 0.000000430. The minimum Gasteiger partial charge on any atom is -0.504 e. The summed E-state index contributed by atoms with van der Waals surface area (Å²) in [6, 6.07) is 8.09. The molecule has 0 atom stereocenters. The number of phenols is 1. The van der Waals surface area contributed by atoms with E-state index in [9.17, 15) is 0 Å². The normalized spacial score (nSPS) is 8.88. The van der Waals surface area contributed by atoms with E-state index in [1.165, 1.54) is 13.2 Å². The number of hydrogen-bond donors (Lipinski definition) is 3. The molecule has 140 valence electrons. The van der Waals surface area contributed by atoms with E-state index >= 15 is 0 Å². The monoisotopic (exact) mass is 352 g/mol. The molecule has 0 bridgehead atoms. The molecule has 0 radical (unpaired) electrons. The second-order valence-corrected chi connectivity index (χ2v) is 4.39. The van der Waals surface area contributed by atoms with Gasteiger partial charge in [-0.1, -0.05) is 13.8 Å². The van der Waals surface area contributed by atoms with Crippen molar-refractivity contribution in [3.63, 3.8) is 0 Å². The first-order valence-electron chi connectivity index (χ1n) is 7.64. The molecule has 0 unspecified atom stereocenters. The number of phenolic OH excluding ortho intramolecular Hbond substituents is 1. The Hall–Kier alpha value is -2.96. The van der Waals surface area contributed by atoms with Gasteiger partial charge in [-0.05, 0) is 12.1 Å². The van der Waals surface area contributed by atoms with Crippen LogP contribution in [0.4, 0.5) is 11.4 Å². The van der Waals surface area contributed by atoms with Gasteiger partial charge in [-0.15, -0.1) is 0 Å². The van der Waals surface area contributed by atoms with Gasteiger partial charge in [0, 0.05) is 29.6 Å². The van der Waals surface area contributed by atoms with Gasteiger partial charge in [-0.2, -0.15) is 0 Å². The number of hydrogen-bond acceptors (Lipinski definition) is 7. The highest BCUT2D eigenvalue weighted by Gasteiger charge is 2.11. The second kappa shape index (κ2) is 11.6. The van der Waals surface area contributed by atoms with E-state index in [4.69, 9.17) is 35.5 Å². The third-order valence-electron chi connectivity index (χ3n) is 2.89. The van der Waals surface area contributed by atoms with Crippen LogP contribution in [0.25, 0.3) is 0 Å². The molecule has 0 aliphatic heterocycles. The maximum atomic E-state index is 9.09. The van der Waals surface area contributed by atoms with E-state index in [2.05, 4.69) is 0 Å². The number of benzene rings is 2. The van der Waals surface area contributed by atoms with Crippen LogP contribution in [0.2, 0.25) is 0 Å². The Morgan fingerprint density at radius 2 is 1.16 bits per heavy atom. The van der Waals surface area contributed by atoms with Crippen molar-refractivity contribution in [1.29, 1.82) is 0 Å². The van der Waals surface area contributed by atoms with Gasteiger partial charge in [0.2, 0.25) is 5.75 Å². The fourth-order valence-electron chi connectivity index (χ4n) is 1.81. The van der Waals surface area contributed by atoms with Crippen LogP contribution in [0.1, 0.15) is 13.8 Å². The highest BCUT2D eigenvalue weighted by Crippen LogP contribution is 2.38. The summed E-state index contributed by atoms with van der Waals surface area (Å²) in [5.74, 6) is 2.20. The van der Waals surface area contributed by atoms with Crippen LogP contribution in [0.15, 0.2) is 30.3 Å². The van der Waals surface area contributed by atoms with Crippen molar-refractivity contribution in [3.8, 4) is 28.7 Å². The zero-order chi connectivity index (χ0) is 19.4. The van der Waals surface area contributed by atoms with Gasteiger partial charge in [0.15, 0.2) is 23.0 Å². The molecule has 0 aromatic heterocycles. The molecule has 0 saturated carbocycles. The molecule has 0 aliphatic carbocycles. The second-order valence-electron chi connectivity index (χ2n) is 4.39. The zero-order valence-corrected chi connectivity index (χ0v) is 15.6. The van der Waals surface area contributed by atoms with Gasteiger partial charge in [0.05, 0.1) is 28.4 Å². The molecular formula is C18H28N2O5. The zero-order valence-electron chi connectivity index (χ0n) is 15.6. The summed E-state index contributed by atoms with van der Waals surface area (Å²) in [4.78, 5) is 0. The molecule has 0 fully saturated rings. The third-order valence-corrected chi connectivity index (χ3v) is 2.89. The lowest BCUT2D eigenvalue weighted by atomic mass is 10.2. The predicted molar refractivity (Wildman–Crippen MR) is 101 cm³/mol. The summed E-state index contributed by atoms with van der Waals surface area (Å²) in [5, 5.41) is 9.09. The fourth-order valence-corrected chi connectivity index (χ4v) is 1.81. The summed E-state index contributed by atoms with van der Waals surface area (Å²) in [6.45, 7) is 4.00. The Bertz CT molecular complexity index is 622. The number of anilines is 2. The summed E-state index contributed by atoms with van der Waals surface area (Å²) < 4.78 is 20.1. The Labute approximate surface area is 149 Å². The predicted octanol–water partition coefficient (Wildman–Crippen LogP) is 3.30. The lowest BCUT2D eigenvalue weighted by Crippen LogP contribution is -1.96. The van der Waals surface area contributed by atoms with E-state index in [0.717, 1.165) is 0 Å². The van der Waals surface area contributed by atoms with Gasteiger partial charge >= 0.3 is 0 Å². The molecule has 2 rings (SSSR count). The largest absolute Gasteiger partial charge is 0.504 e. The van der Waals surface area contributed by atoms with Gasteiger partial charge in [0.25, 0.3) is 0 Å². The molecular weight excluding hydrogens is 324 g/mol. The van der Waals surface area contributed by atoms with Crippen LogP contribution in [-0.2, 0) is 0 Å². The first kappa shape index (κ1) is 22.0. The van der Waals surface area contributed by atoms with Crippen LogP contribution in [0.5, 0.6) is 28.7 Å². The molecule has 0 saturated heterocycles. The number of methoxy groups -OCH3 is 4. The number of nitrogens with two attached hydrogens (primary N) is 2. The van der Waals surface area contributed by atoms with Crippen LogP contribution >= 0.6 is 0 Å². The SMILES string of the molecule is CC.COc1cc(N)cc(OC)c1OC.COc1ccc(N)cc1O. The van der Waals surface area contributed by atoms with Gasteiger partial charge in [-0.25, -0.2) is 0 Å². The number of nitrogen functional groups attached to an aromatic ring is 2. The smallest absolute Gasteiger partial charge is 0.203 e. The summed E-state index contributed by atoms with van der Waals surface area (Å²) >= 11 is 0. The maximum absolute atomic E-state index is 9.09. The molecule has 7 heteroatoms. The summed E-state index contributed by atoms with van der Waals surface area (Å²) in [6.07, 6.45) is 0. The van der Waals surface area contributed by atoms with Gasteiger partial charge in [0.1, 0.15) is 0 Å². The minimum absolute atomic E-state index is 0.0718. The van der Waals surface area contributed by atoms with E-state index in [1.807, 2.05) is 13.8 Å². The summed E-state index contributed by atoms with van der Waals surface area (Å²) in [7, 11) is 6.15. The van der Waals surface area contributed by atoms with Crippen LogP contribution in [0.3, 0.4) is 0 Å². The Morgan fingerprint density at radius 1 is 0.680 bits per heavy atom. The molecule has 2 aromatic carbocycles. The van der Waals surface area contributed by atoms with Crippen molar-refractivity contribution in [3.05, 3.63) is 30.3 Å². The molecule has 0 spiro atoms. The molecule has 0 heterocycles. The van der Waals surface area contributed by atoms with E-state index < -0.39 is 0 Å². The van der Waals surface area contributed by atoms with Crippen molar-refractivity contribution < 1.29 is 24.1 Å². The number of rotatable bonds is 4. The third kappa shape index (κ3) is 6.58. The number of aromatic hydroxyl groups is 1. The molecule has 25 heavy (non-hydrogen) atoms. The van der Waals surface area contributed by atoms with E-state index in [1.54, 1.807) is 45.6 Å². The molecule has 2 aromatic rings. The molecule has 0 amide bonds. The van der Waals surface area contributed by atoms with Crippen LogP contribution in [0, 0.1) is 0 Å². The van der Waals surface area contributed by atoms with Gasteiger partial charge in [-0.3, -0.25) is 0 Å². The topological polar surface area (TPSA) is 109 Å². The van der Waals surface area contributed by atoms with E-state index in [0.29, 0.717) is 34.4 Å². The minimum atomic E-state index is 0.0718. The summed E-state index contributed by atoms with van der Waals surface area (Å²) in [5.41, 5.74) is 12.1. The van der Waals surface area contributed by atoms with E-state index in [-0.39, 0.29) is 5.75 Å². The van der Waals surface area contributed by atoms with Gasteiger partial charge < -0.3 is 35.5 Å². The maximum Gasteiger partial charge on any atom is 0.203 e. The highest BCUT2D eigenvalue weighted by molar-refractivity contribution is 5.60. The van der Waals surface area contributed by atoms with Crippen LogP contribution < -0.4 is 30.4 Å². The Kier molecular flexibility index (Phi) is 10.2. The average Bonchev–Trinajstić information content (AvgIpc) is 2.63. The first-order valence-corrected chi connectivity index (χ1v) is 7.64. The average molecular weight is 352 g/mol. The lowest BCUT2D eigenvalue weighted by Gasteiger charge is -2.12. The molecule has 0 aliphatic rings. The van der Waals surface area contributed by atoms with Crippen molar-refractivity contribution in [1.82, 2.24) is 0 Å². The van der Waals surface area contributed by atoms with Crippen molar-refractivity contribution in [2.75, 3.05) is 39.9 Å². The van der Waals surface area contributed by atoms with Crippen molar-refractivity contribution in [2.24, 2.45) is 0 Å². The quantitative estimate of drug-likeness (QED) is 0.724. The first-order chi connectivity index (χ1) is 12.0. The molecule has 5 N–H and O–H groups in total. The lowest BCUT2D eigenvalue weighted by molar-refractivity contribution is 0.325. The Morgan fingerprint density at radius 3 is 1.52 bits per heavy atom. The molecule has 7 nitrogen and oxygen atoms in total.